The van der Waals surface area contributed by atoms with E-state index in [4.69, 9.17) is 14.2 Å². The fraction of sp³-hybridized carbons (Fsp3) is 0.455. The van der Waals surface area contributed by atoms with Gasteiger partial charge in [0.2, 0.25) is 5.75 Å². The van der Waals surface area contributed by atoms with Crippen molar-refractivity contribution >= 4 is 0 Å². The van der Waals surface area contributed by atoms with Crippen molar-refractivity contribution in [1.29, 1.82) is 0 Å². The summed E-state index contributed by atoms with van der Waals surface area (Å²) in [5.41, 5.74) is 2.48. The molecule has 146 valence electrons. The van der Waals surface area contributed by atoms with E-state index in [-0.39, 0.29) is 0 Å². The van der Waals surface area contributed by atoms with E-state index in [0.29, 0.717) is 23.3 Å². The maximum absolute atomic E-state index is 5.46. The van der Waals surface area contributed by atoms with E-state index in [1.54, 1.807) is 21.3 Å². The molecule has 1 atom stereocenters. The lowest BCUT2D eigenvalue weighted by Gasteiger charge is -2.28. The van der Waals surface area contributed by atoms with E-state index in [1.807, 2.05) is 12.1 Å². The van der Waals surface area contributed by atoms with Crippen molar-refractivity contribution in [3.8, 4) is 17.2 Å². The molecule has 1 unspecified atom stereocenters. The van der Waals surface area contributed by atoms with E-state index in [9.17, 15) is 0 Å². The van der Waals surface area contributed by atoms with Gasteiger partial charge >= 0.3 is 0 Å². The Morgan fingerprint density at radius 3 is 2.11 bits per heavy atom. The molecule has 27 heavy (non-hydrogen) atoms. The minimum absolute atomic E-state index is 0.399. The molecule has 0 aromatic heterocycles. The second kappa shape index (κ2) is 9.62. The number of hydrogen-bond donors (Lipinski definition) is 1. The molecule has 1 saturated heterocycles. The Labute approximate surface area is 162 Å². The van der Waals surface area contributed by atoms with Gasteiger partial charge in [-0.15, -0.1) is 0 Å². The largest absolute Gasteiger partial charge is 0.493 e. The smallest absolute Gasteiger partial charge is 0.203 e. The van der Waals surface area contributed by atoms with Crippen molar-refractivity contribution in [2.75, 3.05) is 41.0 Å². The average molecular weight is 370 g/mol. The van der Waals surface area contributed by atoms with Crippen molar-refractivity contribution < 1.29 is 14.2 Å². The zero-order valence-electron chi connectivity index (χ0n) is 16.5. The lowest BCUT2D eigenvalue weighted by atomic mass is 10.1. The Hall–Kier alpha value is -2.24. The molecule has 1 fully saturated rings. The van der Waals surface area contributed by atoms with Gasteiger partial charge in [0.05, 0.1) is 21.3 Å². The van der Waals surface area contributed by atoms with Crippen LogP contribution in [0.15, 0.2) is 42.5 Å². The highest BCUT2D eigenvalue weighted by Crippen LogP contribution is 2.38. The Kier molecular flexibility index (Phi) is 6.96. The number of nitrogens with zero attached hydrogens (tertiary/aromatic N) is 1. The topological polar surface area (TPSA) is 43.0 Å². The van der Waals surface area contributed by atoms with E-state index in [2.05, 4.69) is 40.5 Å². The van der Waals surface area contributed by atoms with Gasteiger partial charge in [0.1, 0.15) is 0 Å². The number of hydrogen-bond acceptors (Lipinski definition) is 5. The van der Waals surface area contributed by atoms with Gasteiger partial charge < -0.3 is 19.5 Å². The molecule has 0 amide bonds. The van der Waals surface area contributed by atoms with Crippen LogP contribution in [-0.4, -0.2) is 45.9 Å². The maximum Gasteiger partial charge on any atom is 0.203 e. The lowest BCUT2D eigenvalue weighted by Crippen LogP contribution is -2.34. The van der Waals surface area contributed by atoms with Crippen LogP contribution in [-0.2, 0) is 6.54 Å². The molecule has 0 radical (unpaired) electrons. The Morgan fingerprint density at radius 1 is 0.926 bits per heavy atom. The van der Waals surface area contributed by atoms with Crippen molar-refractivity contribution in [3.63, 3.8) is 0 Å². The van der Waals surface area contributed by atoms with Gasteiger partial charge in [-0.2, -0.15) is 0 Å². The number of methoxy groups -OCH3 is 3. The summed E-state index contributed by atoms with van der Waals surface area (Å²) < 4.78 is 16.3. The van der Waals surface area contributed by atoms with Crippen LogP contribution in [0.1, 0.15) is 30.0 Å². The number of likely N-dealkylation sites (tertiary alicyclic amines) is 1. The first-order chi connectivity index (χ1) is 13.3. The number of ether oxygens (including phenoxy) is 3. The number of nitrogens with one attached hydrogen (secondary N) is 1. The average Bonchev–Trinajstić information content (AvgIpc) is 3.25. The third-order valence-electron chi connectivity index (χ3n) is 5.16. The molecule has 0 bridgehead atoms. The summed E-state index contributed by atoms with van der Waals surface area (Å²) in [4.78, 5) is 2.58. The van der Waals surface area contributed by atoms with Gasteiger partial charge in [0.25, 0.3) is 0 Å². The fourth-order valence-electron chi connectivity index (χ4n) is 3.78. The molecular weight excluding hydrogens is 340 g/mol. The first-order valence-corrected chi connectivity index (χ1v) is 9.55. The zero-order chi connectivity index (χ0) is 19.1. The van der Waals surface area contributed by atoms with Crippen LogP contribution < -0.4 is 19.5 Å². The summed E-state index contributed by atoms with van der Waals surface area (Å²) in [6, 6.07) is 15.2. The lowest BCUT2D eigenvalue weighted by molar-refractivity contribution is 0.238. The van der Waals surface area contributed by atoms with Crippen molar-refractivity contribution in [2.45, 2.75) is 25.4 Å². The van der Waals surface area contributed by atoms with Crippen molar-refractivity contribution in [3.05, 3.63) is 53.6 Å². The van der Waals surface area contributed by atoms with Gasteiger partial charge in [0, 0.05) is 19.1 Å². The number of rotatable bonds is 9. The minimum atomic E-state index is 0.399. The Morgan fingerprint density at radius 2 is 1.56 bits per heavy atom. The van der Waals surface area contributed by atoms with Crippen LogP contribution in [0.25, 0.3) is 0 Å². The van der Waals surface area contributed by atoms with Crippen molar-refractivity contribution in [1.82, 2.24) is 10.2 Å². The monoisotopic (exact) mass is 370 g/mol. The fourth-order valence-corrected chi connectivity index (χ4v) is 3.78. The molecule has 2 aromatic rings. The second-order valence-electron chi connectivity index (χ2n) is 6.83. The van der Waals surface area contributed by atoms with Crippen LogP contribution in [0.4, 0.5) is 0 Å². The summed E-state index contributed by atoms with van der Waals surface area (Å²) in [5.74, 6) is 2.00. The molecule has 1 heterocycles. The highest BCUT2D eigenvalue weighted by molar-refractivity contribution is 5.53. The van der Waals surface area contributed by atoms with Crippen LogP contribution in [0.5, 0.6) is 17.2 Å². The van der Waals surface area contributed by atoms with E-state index < -0.39 is 0 Å². The summed E-state index contributed by atoms with van der Waals surface area (Å²) in [6.45, 7) is 3.99. The molecule has 1 aliphatic rings. The minimum Gasteiger partial charge on any atom is -0.493 e. The SMILES string of the molecule is COc1cc(CNCC(c2ccccc2)N2CCCC2)cc(OC)c1OC. The third-order valence-corrected chi connectivity index (χ3v) is 5.16. The van der Waals surface area contributed by atoms with Crippen LogP contribution >= 0.6 is 0 Å². The van der Waals surface area contributed by atoms with Gasteiger partial charge in [-0.3, -0.25) is 4.90 Å². The molecular formula is C22H30N2O3. The van der Waals surface area contributed by atoms with E-state index in [1.165, 1.54) is 31.5 Å². The zero-order valence-corrected chi connectivity index (χ0v) is 16.5. The molecule has 0 aliphatic carbocycles. The molecule has 5 nitrogen and oxygen atoms in total. The van der Waals surface area contributed by atoms with Gasteiger partial charge in [-0.25, -0.2) is 0 Å². The standard InChI is InChI=1S/C22H30N2O3/c1-25-20-13-17(14-21(26-2)22(20)27-3)15-23-16-19(24-11-7-8-12-24)18-9-5-4-6-10-18/h4-6,9-10,13-14,19,23H,7-8,11-12,15-16H2,1-3H3. The van der Waals surface area contributed by atoms with Gasteiger partial charge in [-0.1, -0.05) is 30.3 Å². The van der Waals surface area contributed by atoms with E-state index >= 15 is 0 Å². The number of benzene rings is 2. The van der Waals surface area contributed by atoms with Crippen molar-refractivity contribution in [2.24, 2.45) is 0 Å². The first-order valence-electron chi connectivity index (χ1n) is 9.55. The molecule has 2 aromatic carbocycles. The predicted octanol–water partition coefficient (Wildman–Crippen LogP) is 3.64. The highest BCUT2D eigenvalue weighted by atomic mass is 16.5. The Balaban J connectivity index is 1.69. The molecule has 0 saturated carbocycles. The van der Waals surface area contributed by atoms with Crippen LogP contribution in [0.2, 0.25) is 0 Å². The molecule has 0 spiro atoms. The molecule has 5 heteroatoms. The quantitative estimate of drug-likeness (QED) is 0.730. The normalized spacial score (nSPS) is 15.5. The summed E-state index contributed by atoms with van der Waals surface area (Å²) in [6.07, 6.45) is 2.58. The van der Waals surface area contributed by atoms with E-state index in [0.717, 1.165) is 18.7 Å². The maximum atomic E-state index is 5.46. The third kappa shape index (κ3) is 4.73. The second-order valence-corrected chi connectivity index (χ2v) is 6.83. The highest BCUT2D eigenvalue weighted by Gasteiger charge is 2.23. The molecule has 3 rings (SSSR count). The molecule has 1 N–H and O–H groups in total. The van der Waals surface area contributed by atoms with Gasteiger partial charge in [-0.05, 0) is 49.2 Å². The molecule has 1 aliphatic heterocycles. The van der Waals surface area contributed by atoms with Crippen LogP contribution in [0.3, 0.4) is 0 Å². The summed E-state index contributed by atoms with van der Waals surface area (Å²) >= 11 is 0. The predicted molar refractivity (Wildman–Crippen MR) is 108 cm³/mol. The van der Waals surface area contributed by atoms with Crippen LogP contribution in [0, 0.1) is 0 Å². The summed E-state index contributed by atoms with van der Waals surface area (Å²) in [7, 11) is 4.92. The first kappa shape index (κ1) is 19.5. The Bertz CT molecular complexity index is 690. The summed E-state index contributed by atoms with van der Waals surface area (Å²) in [5, 5.41) is 3.62. The van der Waals surface area contributed by atoms with Gasteiger partial charge in [0.15, 0.2) is 11.5 Å².